The Balaban J connectivity index is 0.00000341. The number of thiazole rings is 2. The number of hydrogen-bond acceptors (Lipinski definition) is 7. The van der Waals surface area contributed by atoms with E-state index in [0.717, 1.165) is 55.9 Å². The van der Waals surface area contributed by atoms with Crippen LogP contribution in [0.15, 0.2) is 15.8 Å². The monoisotopic (exact) mass is 577 g/mol. The van der Waals surface area contributed by atoms with Crippen LogP contribution in [0.5, 0.6) is 0 Å². The molecule has 7 nitrogen and oxygen atoms in total. The SMILES string of the molecule is CCNC(=NCc1csc(N(C)C)n1)NCC1CCN(Cc2csc(CC)n2)CC1.I. The molecule has 1 aliphatic rings. The summed E-state index contributed by atoms with van der Waals surface area (Å²) in [6, 6.07) is 0. The molecule has 2 N–H and O–H groups in total. The molecular weight excluding hydrogens is 541 g/mol. The van der Waals surface area contributed by atoms with Crippen LogP contribution < -0.4 is 15.5 Å². The van der Waals surface area contributed by atoms with E-state index in [9.17, 15) is 0 Å². The lowest BCUT2D eigenvalue weighted by molar-refractivity contribution is 0.176. The number of likely N-dealkylation sites (tertiary alicyclic amines) is 1. The van der Waals surface area contributed by atoms with Crippen LogP contribution in [0.2, 0.25) is 0 Å². The number of guanidine groups is 1. The van der Waals surface area contributed by atoms with Crippen LogP contribution in [0.4, 0.5) is 5.13 Å². The van der Waals surface area contributed by atoms with E-state index in [1.54, 1.807) is 22.7 Å². The summed E-state index contributed by atoms with van der Waals surface area (Å²) in [6.07, 6.45) is 3.47. The topological polar surface area (TPSA) is 68.7 Å². The van der Waals surface area contributed by atoms with Crippen LogP contribution >= 0.6 is 46.7 Å². The molecule has 0 spiro atoms. The maximum Gasteiger partial charge on any atom is 0.191 e. The van der Waals surface area contributed by atoms with Crippen molar-refractivity contribution in [1.29, 1.82) is 0 Å². The quantitative estimate of drug-likeness (QED) is 0.269. The zero-order valence-corrected chi connectivity index (χ0v) is 23.0. The number of hydrogen-bond donors (Lipinski definition) is 2. The predicted molar refractivity (Wildman–Crippen MR) is 144 cm³/mol. The second-order valence-corrected chi connectivity index (χ2v) is 9.68. The highest BCUT2D eigenvalue weighted by Gasteiger charge is 2.20. The van der Waals surface area contributed by atoms with Crippen molar-refractivity contribution in [2.75, 3.05) is 45.2 Å². The fraction of sp³-hybridized carbons (Fsp3) is 0.667. The summed E-state index contributed by atoms with van der Waals surface area (Å²) in [5.41, 5.74) is 2.25. The molecule has 0 aliphatic carbocycles. The van der Waals surface area contributed by atoms with Crippen molar-refractivity contribution in [1.82, 2.24) is 25.5 Å². The predicted octanol–water partition coefficient (Wildman–Crippen LogP) is 3.81. The minimum atomic E-state index is 0. The van der Waals surface area contributed by atoms with Crippen LogP contribution in [0.25, 0.3) is 0 Å². The lowest BCUT2D eigenvalue weighted by Gasteiger charge is -2.31. The normalized spacial score (nSPS) is 15.5. The zero-order valence-electron chi connectivity index (χ0n) is 19.1. The highest BCUT2D eigenvalue weighted by atomic mass is 127. The minimum Gasteiger partial charge on any atom is -0.357 e. The van der Waals surface area contributed by atoms with E-state index >= 15 is 0 Å². The first-order chi connectivity index (χ1) is 14.6. The molecule has 3 rings (SSSR count). The maximum atomic E-state index is 4.72. The van der Waals surface area contributed by atoms with Gasteiger partial charge in [-0.05, 0) is 45.2 Å². The van der Waals surface area contributed by atoms with Gasteiger partial charge in [0.25, 0.3) is 0 Å². The Labute approximate surface area is 211 Å². The van der Waals surface area contributed by atoms with Crippen molar-refractivity contribution in [2.24, 2.45) is 10.9 Å². The van der Waals surface area contributed by atoms with Crippen LogP contribution in [0.1, 0.15) is 43.1 Å². The molecule has 1 saturated heterocycles. The molecule has 174 valence electrons. The van der Waals surface area contributed by atoms with Gasteiger partial charge in [-0.15, -0.1) is 46.7 Å². The number of aliphatic imine (C=N–C) groups is 1. The number of aromatic nitrogens is 2. The van der Waals surface area contributed by atoms with E-state index in [0.29, 0.717) is 12.5 Å². The fourth-order valence-electron chi connectivity index (χ4n) is 3.48. The van der Waals surface area contributed by atoms with Crippen LogP contribution in [-0.4, -0.2) is 61.1 Å². The molecule has 0 aromatic carbocycles. The van der Waals surface area contributed by atoms with E-state index < -0.39 is 0 Å². The molecule has 1 fully saturated rings. The minimum absolute atomic E-state index is 0. The van der Waals surface area contributed by atoms with E-state index in [1.165, 1.54) is 23.5 Å². The summed E-state index contributed by atoms with van der Waals surface area (Å²) in [4.78, 5) is 18.6. The Hall–Kier alpha value is -0.980. The van der Waals surface area contributed by atoms with Gasteiger partial charge in [0.2, 0.25) is 0 Å². The molecule has 0 saturated carbocycles. The van der Waals surface area contributed by atoms with Crippen molar-refractivity contribution in [3.8, 4) is 0 Å². The highest BCUT2D eigenvalue weighted by Crippen LogP contribution is 2.20. The fourth-order valence-corrected chi connectivity index (χ4v) is 4.96. The van der Waals surface area contributed by atoms with Crippen LogP contribution in [0, 0.1) is 5.92 Å². The van der Waals surface area contributed by atoms with E-state index in [1.807, 2.05) is 19.0 Å². The molecular formula is C21H36IN7S2. The summed E-state index contributed by atoms with van der Waals surface area (Å²) in [5.74, 6) is 1.57. The van der Waals surface area contributed by atoms with Crippen LogP contribution in [0.3, 0.4) is 0 Å². The lowest BCUT2D eigenvalue weighted by Crippen LogP contribution is -2.42. The molecule has 0 atom stereocenters. The average Bonchev–Trinajstić information content (AvgIpc) is 3.40. The number of rotatable bonds is 9. The Morgan fingerprint density at radius 3 is 2.48 bits per heavy atom. The molecule has 0 radical (unpaired) electrons. The smallest absolute Gasteiger partial charge is 0.191 e. The third-order valence-electron chi connectivity index (χ3n) is 5.22. The lowest BCUT2D eigenvalue weighted by atomic mass is 9.97. The van der Waals surface area contributed by atoms with Gasteiger partial charge in [-0.1, -0.05) is 6.92 Å². The van der Waals surface area contributed by atoms with Crippen molar-refractivity contribution >= 4 is 57.7 Å². The molecule has 0 unspecified atom stereocenters. The number of aryl methyl sites for hydroxylation is 1. The van der Waals surface area contributed by atoms with Gasteiger partial charge < -0.3 is 15.5 Å². The third-order valence-corrected chi connectivity index (χ3v) is 7.32. The van der Waals surface area contributed by atoms with Crippen molar-refractivity contribution < 1.29 is 0 Å². The van der Waals surface area contributed by atoms with Gasteiger partial charge in [0, 0.05) is 44.5 Å². The zero-order chi connectivity index (χ0) is 21.3. The van der Waals surface area contributed by atoms with E-state index in [2.05, 4.69) is 45.1 Å². The second kappa shape index (κ2) is 13.5. The molecule has 0 bridgehead atoms. The van der Waals surface area contributed by atoms with Gasteiger partial charge >= 0.3 is 0 Å². The Morgan fingerprint density at radius 2 is 1.87 bits per heavy atom. The van der Waals surface area contributed by atoms with E-state index in [-0.39, 0.29) is 24.0 Å². The van der Waals surface area contributed by atoms with Gasteiger partial charge in [-0.25, -0.2) is 15.0 Å². The number of nitrogens with one attached hydrogen (secondary N) is 2. The first kappa shape index (κ1) is 26.3. The average molecular weight is 578 g/mol. The van der Waals surface area contributed by atoms with Gasteiger partial charge in [0.05, 0.1) is 22.9 Å². The first-order valence-electron chi connectivity index (χ1n) is 10.9. The third kappa shape index (κ3) is 8.47. The molecule has 2 aromatic heterocycles. The summed E-state index contributed by atoms with van der Waals surface area (Å²) in [7, 11) is 4.03. The second-order valence-electron chi connectivity index (χ2n) is 7.90. The van der Waals surface area contributed by atoms with Crippen molar-refractivity contribution in [3.05, 3.63) is 27.2 Å². The van der Waals surface area contributed by atoms with Gasteiger partial charge in [0.1, 0.15) is 0 Å². The Bertz CT molecular complexity index is 797. The molecule has 10 heteroatoms. The van der Waals surface area contributed by atoms with Gasteiger partial charge in [-0.3, -0.25) is 4.90 Å². The van der Waals surface area contributed by atoms with Crippen LogP contribution in [-0.2, 0) is 19.5 Å². The molecule has 2 aromatic rings. The standard InChI is InChI=1S/C21H35N7S2.HI/c1-5-19-25-18(15-29-19)13-28-9-7-16(8-10-28)11-23-20(22-6-2)24-12-17-14-30-21(26-17)27(3)4;/h14-16H,5-13H2,1-4H3,(H2,22,23,24);1H. The maximum absolute atomic E-state index is 4.72. The summed E-state index contributed by atoms with van der Waals surface area (Å²) in [6.45, 7) is 9.98. The summed E-state index contributed by atoms with van der Waals surface area (Å²) in [5, 5.41) is 13.5. The number of anilines is 1. The van der Waals surface area contributed by atoms with E-state index in [4.69, 9.17) is 9.98 Å². The molecule has 3 heterocycles. The summed E-state index contributed by atoms with van der Waals surface area (Å²) < 4.78 is 0. The number of piperidine rings is 1. The van der Waals surface area contributed by atoms with Gasteiger partial charge in [-0.2, -0.15) is 0 Å². The Kier molecular flexibility index (Phi) is 11.5. The number of nitrogens with zero attached hydrogens (tertiary/aromatic N) is 5. The molecule has 0 amide bonds. The molecule has 31 heavy (non-hydrogen) atoms. The Morgan fingerprint density at radius 1 is 1.13 bits per heavy atom. The van der Waals surface area contributed by atoms with Gasteiger partial charge in [0.15, 0.2) is 11.1 Å². The number of halogens is 1. The molecule has 1 aliphatic heterocycles. The highest BCUT2D eigenvalue weighted by molar-refractivity contribution is 14.0. The summed E-state index contributed by atoms with van der Waals surface area (Å²) >= 11 is 3.44. The largest absolute Gasteiger partial charge is 0.357 e. The van der Waals surface area contributed by atoms with Crippen molar-refractivity contribution in [3.63, 3.8) is 0 Å². The van der Waals surface area contributed by atoms with Crippen molar-refractivity contribution in [2.45, 2.75) is 46.2 Å². The first-order valence-corrected chi connectivity index (χ1v) is 12.6.